The molecule has 0 heterocycles. The first-order valence-electron chi connectivity index (χ1n) is 7.70. The van der Waals surface area contributed by atoms with Gasteiger partial charge in [0.15, 0.2) is 0 Å². The van der Waals surface area contributed by atoms with Crippen LogP contribution in [0.5, 0.6) is 0 Å². The minimum Gasteiger partial charge on any atom is -0.299 e. The number of halogens is 1. The maximum atomic E-state index is 9.57. The van der Waals surface area contributed by atoms with Crippen LogP contribution in [0, 0.1) is 11.3 Å². The third kappa shape index (κ3) is 4.64. The number of rotatable bonds is 6. The molecule has 0 aliphatic heterocycles. The largest absolute Gasteiger partial charge is 0.299 e. The minimum absolute atomic E-state index is 0.313. The van der Waals surface area contributed by atoms with E-state index in [-0.39, 0.29) is 5.54 Å². The van der Waals surface area contributed by atoms with Crippen molar-refractivity contribution in [3.63, 3.8) is 0 Å². The van der Waals surface area contributed by atoms with Gasteiger partial charge in [0, 0.05) is 16.0 Å². The highest BCUT2D eigenvalue weighted by molar-refractivity contribution is 7.99. The van der Waals surface area contributed by atoms with Crippen LogP contribution in [0.25, 0.3) is 0 Å². The topological polar surface area (TPSA) is 35.8 Å². The number of hydrogen-bond acceptors (Lipinski definition) is 3. The highest BCUT2D eigenvalue weighted by Crippen LogP contribution is 2.36. The van der Waals surface area contributed by atoms with E-state index in [1.54, 1.807) is 0 Å². The van der Waals surface area contributed by atoms with Gasteiger partial charge in [-0.2, -0.15) is 17.0 Å². The maximum absolute atomic E-state index is 9.57. The molecule has 21 heavy (non-hydrogen) atoms. The fourth-order valence-electron chi connectivity index (χ4n) is 2.86. The molecule has 1 saturated carbocycles. The molecule has 1 aromatic rings. The van der Waals surface area contributed by atoms with Crippen molar-refractivity contribution in [3.8, 4) is 6.07 Å². The lowest BCUT2D eigenvalue weighted by Crippen LogP contribution is -2.48. The van der Waals surface area contributed by atoms with E-state index in [4.69, 9.17) is 11.6 Å². The molecular weight excluding hydrogens is 300 g/mol. The monoisotopic (exact) mass is 322 g/mol. The fraction of sp³-hybridized carbons (Fsp3) is 0.588. The van der Waals surface area contributed by atoms with Crippen LogP contribution < -0.4 is 5.32 Å². The minimum atomic E-state index is -0.313. The summed E-state index contributed by atoms with van der Waals surface area (Å²) >= 11 is 8.16. The molecule has 0 spiro atoms. The van der Waals surface area contributed by atoms with E-state index in [0.717, 1.165) is 43.0 Å². The van der Waals surface area contributed by atoms with Crippen molar-refractivity contribution in [1.29, 1.82) is 5.26 Å². The summed E-state index contributed by atoms with van der Waals surface area (Å²) in [5.74, 6) is 0.930. The molecule has 1 fully saturated rings. The van der Waals surface area contributed by atoms with Crippen molar-refractivity contribution in [1.82, 2.24) is 5.32 Å². The smallest absolute Gasteiger partial charge is 0.107 e. The molecule has 1 aliphatic rings. The van der Waals surface area contributed by atoms with Crippen LogP contribution in [0.3, 0.4) is 0 Å². The van der Waals surface area contributed by atoms with Crippen molar-refractivity contribution < 1.29 is 0 Å². The van der Waals surface area contributed by atoms with Gasteiger partial charge in [0.25, 0.3) is 0 Å². The molecule has 0 saturated heterocycles. The van der Waals surface area contributed by atoms with Gasteiger partial charge < -0.3 is 0 Å². The van der Waals surface area contributed by atoms with E-state index < -0.39 is 0 Å². The molecule has 0 aromatic heterocycles. The predicted octanol–water partition coefficient (Wildman–Crippen LogP) is 4.78. The molecule has 1 aliphatic carbocycles. The first-order valence-corrected chi connectivity index (χ1v) is 9.13. The molecular formula is C17H23ClN2S. The van der Waals surface area contributed by atoms with Gasteiger partial charge in [-0.15, -0.1) is 0 Å². The van der Waals surface area contributed by atoms with Gasteiger partial charge in [-0.3, -0.25) is 5.32 Å². The second-order valence-electron chi connectivity index (χ2n) is 5.74. The van der Waals surface area contributed by atoms with Crippen LogP contribution in [-0.4, -0.2) is 17.3 Å². The molecule has 2 rings (SSSR count). The van der Waals surface area contributed by atoms with Crippen molar-refractivity contribution >= 4 is 23.4 Å². The van der Waals surface area contributed by atoms with Crippen LogP contribution in [0.15, 0.2) is 24.3 Å². The van der Waals surface area contributed by atoms with Gasteiger partial charge in [-0.1, -0.05) is 36.7 Å². The van der Waals surface area contributed by atoms with Gasteiger partial charge in [-0.05, 0) is 50.3 Å². The van der Waals surface area contributed by atoms with Crippen molar-refractivity contribution in [2.75, 3.05) is 6.54 Å². The first-order chi connectivity index (χ1) is 10.2. The number of nitrogens with one attached hydrogen (secondary N) is 1. The Morgan fingerprint density at radius 1 is 1.48 bits per heavy atom. The summed E-state index contributed by atoms with van der Waals surface area (Å²) < 4.78 is 0. The zero-order chi connectivity index (χ0) is 15.1. The van der Waals surface area contributed by atoms with Gasteiger partial charge in [0.05, 0.1) is 6.07 Å². The van der Waals surface area contributed by atoms with Crippen molar-refractivity contribution in [2.24, 2.45) is 0 Å². The van der Waals surface area contributed by atoms with Crippen LogP contribution in [-0.2, 0) is 5.75 Å². The average molecular weight is 323 g/mol. The summed E-state index contributed by atoms with van der Waals surface area (Å²) in [5, 5.41) is 14.4. The summed E-state index contributed by atoms with van der Waals surface area (Å²) in [6.07, 6.45) is 5.32. The van der Waals surface area contributed by atoms with Crippen LogP contribution >= 0.6 is 23.4 Å². The number of benzene rings is 1. The lowest BCUT2D eigenvalue weighted by molar-refractivity contribution is 0.305. The second-order valence-corrected chi connectivity index (χ2v) is 7.44. The van der Waals surface area contributed by atoms with Crippen LogP contribution in [0.2, 0.25) is 5.02 Å². The Morgan fingerprint density at radius 2 is 2.29 bits per heavy atom. The standard InChI is InChI=1S/C17H23ClN2S/c1-2-10-20-17(13-19)9-5-7-15(11-17)21-12-14-6-3-4-8-16(14)18/h3-4,6,8,15,20H,2,5,7,9-12H2,1H3. The van der Waals surface area contributed by atoms with E-state index in [9.17, 15) is 5.26 Å². The Hall–Kier alpha value is -0.690. The number of hydrogen-bond donors (Lipinski definition) is 1. The van der Waals surface area contributed by atoms with Crippen molar-refractivity contribution in [3.05, 3.63) is 34.9 Å². The van der Waals surface area contributed by atoms with Crippen LogP contribution in [0.1, 0.15) is 44.6 Å². The number of nitriles is 1. The molecule has 0 bridgehead atoms. The van der Waals surface area contributed by atoms with E-state index in [0.29, 0.717) is 5.25 Å². The molecule has 2 atom stereocenters. The zero-order valence-corrected chi connectivity index (χ0v) is 14.1. The van der Waals surface area contributed by atoms with Gasteiger partial charge in [-0.25, -0.2) is 0 Å². The quantitative estimate of drug-likeness (QED) is 0.818. The summed E-state index contributed by atoms with van der Waals surface area (Å²) in [4.78, 5) is 0. The maximum Gasteiger partial charge on any atom is 0.107 e. The number of nitrogens with zero attached hydrogens (tertiary/aromatic N) is 1. The third-order valence-corrected chi connectivity index (χ3v) is 5.79. The number of thioether (sulfide) groups is 1. The van der Waals surface area contributed by atoms with E-state index in [1.807, 2.05) is 30.0 Å². The SMILES string of the molecule is CCCNC1(C#N)CCCC(SCc2ccccc2Cl)C1. The molecule has 114 valence electrons. The lowest BCUT2D eigenvalue weighted by atomic mass is 9.82. The van der Waals surface area contributed by atoms with E-state index in [2.05, 4.69) is 24.4 Å². The molecule has 0 radical (unpaired) electrons. The second kappa shape index (κ2) is 8.08. The van der Waals surface area contributed by atoms with Gasteiger partial charge >= 0.3 is 0 Å². The zero-order valence-electron chi connectivity index (χ0n) is 12.6. The molecule has 1 N–H and O–H groups in total. The summed E-state index contributed by atoms with van der Waals surface area (Å²) in [6, 6.07) is 10.6. The first kappa shape index (κ1) is 16.7. The van der Waals surface area contributed by atoms with Crippen molar-refractivity contribution in [2.45, 2.75) is 55.6 Å². The molecule has 4 heteroatoms. The Balaban J connectivity index is 1.92. The molecule has 0 amide bonds. The highest BCUT2D eigenvalue weighted by atomic mass is 35.5. The van der Waals surface area contributed by atoms with E-state index >= 15 is 0 Å². The normalized spacial score (nSPS) is 25.5. The third-order valence-electron chi connectivity index (χ3n) is 4.07. The van der Waals surface area contributed by atoms with Crippen LogP contribution in [0.4, 0.5) is 0 Å². The summed E-state index contributed by atoms with van der Waals surface area (Å²) in [7, 11) is 0. The Labute approximate surface area is 137 Å². The Kier molecular flexibility index (Phi) is 6.41. The molecule has 2 unspecified atom stereocenters. The van der Waals surface area contributed by atoms with E-state index in [1.165, 1.54) is 12.0 Å². The predicted molar refractivity (Wildman–Crippen MR) is 91.6 cm³/mol. The Bertz CT molecular complexity index is 500. The Morgan fingerprint density at radius 3 is 3.00 bits per heavy atom. The lowest BCUT2D eigenvalue weighted by Gasteiger charge is -2.36. The fourth-order valence-corrected chi connectivity index (χ4v) is 4.54. The summed E-state index contributed by atoms with van der Waals surface area (Å²) in [5.41, 5.74) is 0.880. The molecule has 2 nitrogen and oxygen atoms in total. The van der Waals surface area contributed by atoms with Gasteiger partial charge in [0.1, 0.15) is 5.54 Å². The highest BCUT2D eigenvalue weighted by Gasteiger charge is 2.36. The summed E-state index contributed by atoms with van der Waals surface area (Å²) in [6.45, 7) is 3.07. The molecule has 1 aromatic carbocycles. The average Bonchev–Trinajstić information content (AvgIpc) is 2.52. The van der Waals surface area contributed by atoms with Gasteiger partial charge in [0.2, 0.25) is 0 Å².